The minimum Gasteiger partial charge on any atom is -0.331 e. The number of halogens is 4. The summed E-state index contributed by atoms with van der Waals surface area (Å²) in [5, 5.41) is 0. The number of nitrogens with zero attached hydrogens (tertiary/aromatic N) is 1. The van der Waals surface area contributed by atoms with Gasteiger partial charge < -0.3 is 4.90 Å². The second kappa shape index (κ2) is 4.64. The molecular weight excluding hydrogens is 266 g/mol. The first-order chi connectivity index (χ1) is 8.79. The topological polar surface area (TPSA) is 37.4 Å². The van der Waals surface area contributed by atoms with Crippen molar-refractivity contribution in [3.8, 4) is 0 Å². The highest BCUT2D eigenvalue weighted by atomic mass is 19.4. The summed E-state index contributed by atoms with van der Waals surface area (Å²) in [7, 11) is 0. The Morgan fingerprint density at radius 3 is 2.42 bits per heavy atom. The molecule has 0 aliphatic carbocycles. The van der Waals surface area contributed by atoms with Gasteiger partial charge >= 0.3 is 6.18 Å². The molecule has 0 spiro atoms. The first-order valence-electron chi connectivity index (χ1n) is 5.43. The zero-order valence-corrected chi connectivity index (χ0v) is 9.63. The van der Waals surface area contributed by atoms with Crippen molar-refractivity contribution >= 4 is 11.7 Å². The molecule has 0 bridgehead atoms. The zero-order chi connectivity index (χ0) is 14.2. The summed E-state index contributed by atoms with van der Waals surface area (Å²) in [4.78, 5) is 23.3. The summed E-state index contributed by atoms with van der Waals surface area (Å²) in [6, 6.07) is 2.60. The first-order valence-corrected chi connectivity index (χ1v) is 5.43. The molecule has 7 heteroatoms. The number of carbonyl (C=O) groups is 2. The Morgan fingerprint density at radius 1 is 1.21 bits per heavy atom. The van der Waals surface area contributed by atoms with E-state index in [4.69, 9.17) is 0 Å². The minimum atomic E-state index is -4.70. The molecule has 1 fully saturated rings. The Bertz CT molecular complexity index is 539. The number of hydrogen-bond donors (Lipinski definition) is 0. The van der Waals surface area contributed by atoms with Crippen molar-refractivity contribution in [3.05, 3.63) is 35.1 Å². The molecule has 0 aromatic heterocycles. The molecule has 1 aliphatic rings. The molecule has 1 amide bonds. The highest BCUT2D eigenvalue weighted by molar-refractivity contribution is 6.05. The van der Waals surface area contributed by atoms with Crippen LogP contribution in [0.15, 0.2) is 18.2 Å². The van der Waals surface area contributed by atoms with Crippen LogP contribution in [0.1, 0.15) is 17.5 Å². The van der Waals surface area contributed by atoms with Gasteiger partial charge in [0.2, 0.25) is 5.91 Å². The van der Waals surface area contributed by atoms with Gasteiger partial charge in [-0.05, 0) is 12.1 Å². The van der Waals surface area contributed by atoms with E-state index in [9.17, 15) is 27.2 Å². The van der Waals surface area contributed by atoms with Gasteiger partial charge in [-0.25, -0.2) is 4.39 Å². The number of amides is 1. The molecule has 0 atom stereocenters. The van der Waals surface area contributed by atoms with Crippen LogP contribution < -0.4 is 0 Å². The van der Waals surface area contributed by atoms with E-state index in [2.05, 4.69) is 0 Å². The standard InChI is InChI=1S/C12H9F4NO2/c13-10-3-1-2-9(12(14,15)16)8(10)6-17-5-7(18)4-11(17)19/h1-3H,4-6H2. The summed E-state index contributed by atoms with van der Waals surface area (Å²) in [6.07, 6.45) is -5.04. The lowest BCUT2D eigenvalue weighted by molar-refractivity contribution is -0.139. The lowest BCUT2D eigenvalue weighted by Crippen LogP contribution is -2.27. The molecule has 0 N–H and O–H groups in total. The lowest BCUT2D eigenvalue weighted by Gasteiger charge is -2.19. The molecule has 19 heavy (non-hydrogen) atoms. The van der Waals surface area contributed by atoms with Crippen molar-refractivity contribution in [1.82, 2.24) is 4.90 Å². The smallest absolute Gasteiger partial charge is 0.331 e. The van der Waals surface area contributed by atoms with Gasteiger partial charge in [0.25, 0.3) is 0 Å². The quantitative estimate of drug-likeness (QED) is 0.612. The second-order valence-electron chi connectivity index (χ2n) is 4.23. The Balaban J connectivity index is 2.35. The molecule has 1 heterocycles. The Kier molecular flexibility index (Phi) is 3.30. The summed E-state index contributed by atoms with van der Waals surface area (Å²) < 4.78 is 51.8. The third kappa shape index (κ3) is 2.74. The molecule has 2 rings (SSSR count). The monoisotopic (exact) mass is 275 g/mol. The van der Waals surface area contributed by atoms with Crippen molar-refractivity contribution in [1.29, 1.82) is 0 Å². The molecule has 3 nitrogen and oxygen atoms in total. The van der Waals surface area contributed by atoms with Crippen LogP contribution in [0.5, 0.6) is 0 Å². The van der Waals surface area contributed by atoms with Crippen LogP contribution in [0.25, 0.3) is 0 Å². The van der Waals surface area contributed by atoms with E-state index < -0.39 is 35.6 Å². The van der Waals surface area contributed by atoms with Crippen LogP contribution >= 0.6 is 0 Å². The van der Waals surface area contributed by atoms with E-state index in [1.54, 1.807) is 0 Å². The van der Waals surface area contributed by atoms with Gasteiger partial charge in [-0.1, -0.05) is 6.07 Å². The van der Waals surface area contributed by atoms with Gasteiger partial charge in [0.05, 0.1) is 18.5 Å². The van der Waals surface area contributed by atoms with Crippen molar-refractivity contribution in [2.75, 3.05) is 6.54 Å². The molecule has 1 saturated heterocycles. The Labute approximate surface area is 105 Å². The van der Waals surface area contributed by atoms with E-state index in [0.717, 1.165) is 23.1 Å². The number of benzene rings is 1. The number of rotatable bonds is 2. The van der Waals surface area contributed by atoms with Crippen LogP contribution in [0, 0.1) is 5.82 Å². The maximum absolute atomic E-state index is 13.5. The predicted octanol–water partition coefficient (Wildman–Crippen LogP) is 2.15. The van der Waals surface area contributed by atoms with Crippen molar-refractivity contribution in [3.63, 3.8) is 0 Å². The van der Waals surface area contributed by atoms with Gasteiger partial charge in [-0.3, -0.25) is 9.59 Å². The highest BCUT2D eigenvalue weighted by Crippen LogP contribution is 2.34. The van der Waals surface area contributed by atoms with Gasteiger partial charge in [-0.2, -0.15) is 13.2 Å². The fraction of sp³-hybridized carbons (Fsp3) is 0.333. The van der Waals surface area contributed by atoms with Gasteiger partial charge in [0.15, 0.2) is 5.78 Å². The molecule has 0 unspecified atom stereocenters. The Hall–Kier alpha value is -1.92. The van der Waals surface area contributed by atoms with Crippen molar-refractivity contribution < 1.29 is 27.2 Å². The van der Waals surface area contributed by atoms with E-state index in [-0.39, 0.29) is 18.7 Å². The van der Waals surface area contributed by atoms with E-state index in [0.29, 0.717) is 0 Å². The van der Waals surface area contributed by atoms with E-state index in [1.807, 2.05) is 0 Å². The van der Waals surface area contributed by atoms with Gasteiger partial charge in [0, 0.05) is 12.1 Å². The number of likely N-dealkylation sites (tertiary alicyclic amines) is 1. The molecule has 1 aromatic carbocycles. The van der Waals surface area contributed by atoms with Gasteiger partial charge in [0.1, 0.15) is 5.82 Å². The molecule has 0 saturated carbocycles. The Morgan fingerprint density at radius 2 is 1.89 bits per heavy atom. The van der Waals surface area contributed by atoms with Crippen LogP contribution in [0.2, 0.25) is 0 Å². The van der Waals surface area contributed by atoms with Crippen molar-refractivity contribution in [2.24, 2.45) is 0 Å². The van der Waals surface area contributed by atoms with Crippen LogP contribution in [-0.2, 0) is 22.3 Å². The first kappa shape index (κ1) is 13.5. The molecular formula is C12H9F4NO2. The fourth-order valence-corrected chi connectivity index (χ4v) is 1.96. The summed E-state index contributed by atoms with van der Waals surface area (Å²) >= 11 is 0. The maximum Gasteiger partial charge on any atom is 0.416 e. The van der Waals surface area contributed by atoms with E-state index in [1.165, 1.54) is 0 Å². The van der Waals surface area contributed by atoms with Crippen LogP contribution in [0.3, 0.4) is 0 Å². The maximum atomic E-state index is 13.5. The zero-order valence-electron chi connectivity index (χ0n) is 9.63. The highest BCUT2D eigenvalue weighted by Gasteiger charge is 2.36. The SMILES string of the molecule is O=C1CC(=O)N(Cc2c(F)cccc2C(F)(F)F)C1. The number of ketones is 1. The second-order valence-corrected chi connectivity index (χ2v) is 4.23. The summed E-state index contributed by atoms with van der Waals surface area (Å²) in [6.45, 7) is -0.823. The average molecular weight is 275 g/mol. The minimum absolute atomic E-state index is 0.273. The fourth-order valence-electron chi connectivity index (χ4n) is 1.96. The number of carbonyl (C=O) groups excluding carboxylic acids is 2. The third-order valence-electron chi connectivity index (χ3n) is 2.84. The summed E-state index contributed by atoms with van der Waals surface area (Å²) in [5.74, 6) is -2.00. The third-order valence-corrected chi connectivity index (χ3v) is 2.84. The number of alkyl halides is 3. The molecule has 1 aliphatic heterocycles. The summed E-state index contributed by atoms with van der Waals surface area (Å²) in [5.41, 5.74) is -1.74. The van der Waals surface area contributed by atoms with Crippen molar-refractivity contribution in [2.45, 2.75) is 19.1 Å². The number of hydrogen-bond acceptors (Lipinski definition) is 2. The normalized spacial score (nSPS) is 16.3. The molecule has 0 radical (unpaired) electrons. The largest absolute Gasteiger partial charge is 0.416 e. The van der Waals surface area contributed by atoms with E-state index >= 15 is 0 Å². The lowest BCUT2D eigenvalue weighted by atomic mass is 10.1. The van der Waals surface area contributed by atoms with Crippen LogP contribution in [-0.4, -0.2) is 23.1 Å². The average Bonchev–Trinajstić information content (AvgIpc) is 2.59. The predicted molar refractivity (Wildman–Crippen MR) is 56.4 cm³/mol. The molecule has 102 valence electrons. The van der Waals surface area contributed by atoms with Gasteiger partial charge in [-0.15, -0.1) is 0 Å². The molecule has 1 aromatic rings. The number of Topliss-reactive ketones (excluding diaryl/α,β-unsaturated/α-hetero) is 1. The van der Waals surface area contributed by atoms with Crippen LogP contribution in [0.4, 0.5) is 17.6 Å².